The van der Waals surface area contributed by atoms with Crippen LogP contribution in [0.4, 0.5) is 0 Å². The number of benzene rings is 2. The van der Waals surface area contributed by atoms with Gasteiger partial charge in [0, 0.05) is 6.04 Å². The van der Waals surface area contributed by atoms with Gasteiger partial charge in [0.15, 0.2) is 0 Å². The summed E-state index contributed by atoms with van der Waals surface area (Å²) in [6.45, 7) is 2.19. The van der Waals surface area contributed by atoms with Crippen LogP contribution in [0.15, 0.2) is 48.5 Å². The molecule has 0 radical (unpaired) electrons. The van der Waals surface area contributed by atoms with Gasteiger partial charge in [-0.05, 0) is 41.7 Å². The largest absolute Gasteiger partial charge is 0.508 e. The van der Waals surface area contributed by atoms with Gasteiger partial charge in [-0.3, -0.25) is 0 Å². The summed E-state index contributed by atoms with van der Waals surface area (Å²) in [5.41, 5.74) is 9.76. The minimum atomic E-state index is -0.0795. The molecule has 0 aromatic heterocycles. The number of phenols is 1. The third-order valence-electron chi connectivity index (χ3n) is 3.32. The number of nitrogens with two attached hydrogens (primary N) is 1. The zero-order chi connectivity index (χ0) is 13.7. The van der Waals surface area contributed by atoms with Crippen molar-refractivity contribution in [1.29, 1.82) is 0 Å². The summed E-state index contributed by atoms with van der Waals surface area (Å²) in [6, 6.07) is 15.7. The highest BCUT2D eigenvalue weighted by Crippen LogP contribution is 2.20. The molecule has 2 rings (SSSR count). The third-order valence-corrected chi connectivity index (χ3v) is 3.32. The van der Waals surface area contributed by atoms with Gasteiger partial charge in [-0.2, -0.15) is 0 Å². The Balaban J connectivity index is 2.04. The second kappa shape index (κ2) is 6.39. The second-order valence-corrected chi connectivity index (χ2v) is 4.97. The molecule has 0 saturated heterocycles. The summed E-state index contributed by atoms with van der Waals surface area (Å²) in [7, 11) is 0. The number of aromatic hydroxyl groups is 1. The van der Waals surface area contributed by atoms with E-state index >= 15 is 0 Å². The van der Waals surface area contributed by atoms with Gasteiger partial charge in [0.2, 0.25) is 0 Å². The van der Waals surface area contributed by atoms with Crippen LogP contribution >= 0.6 is 0 Å². The number of aryl methyl sites for hydroxylation is 1. The second-order valence-electron chi connectivity index (χ2n) is 4.97. The van der Waals surface area contributed by atoms with Gasteiger partial charge in [-0.25, -0.2) is 0 Å². The average molecular weight is 255 g/mol. The number of rotatable bonds is 5. The van der Waals surface area contributed by atoms with E-state index < -0.39 is 0 Å². The smallest absolute Gasteiger partial charge is 0.115 e. The van der Waals surface area contributed by atoms with E-state index in [1.165, 1.54) is 17.5 Å². The molecule has 2 aromatic rings. The molecule has 2 nitrogen and oxygen atoms in total. The number of hydrogen-bond donors (Lipinski definition) is 2. The lowest BCUT2D eigenvalue weighted by atomic mass is 9.98. The zero-order valence-electron chi connectivity index (χ0n) is 11.3. The van der Waals surface area contributed by atoms with Crippen LogP contribution in [0.1, 0.15) is 36.1 Å². The van der Waals surface area contributed by atoms with Crippen LogP contribution in [0, 0.1) is 0 Å². The van der Waals surface area contributed by atoms with Crippen molar-refractivity contribution in [3.8, 4) is 5.75 Å². The van der Waals surface area contributed by atoms with E-state index in [0.29, 0.717) is 0 Å². The molecule has 0 saturated carbocycles. The van der Waals surface area contributed by atoms with Gasteiger partial charge < -0.3 is 10.8 Å². The summed E-state index contributed by atoms with van der Waals surface area (Å²) in [5.74, 6) is 0.270. The lowest BCUT2D eigenvalue weighted by Crippen LogP contribution is -2.13. The molecule has 0 fully saturated rings. The van der Waals surface area contributed by atoms with Crippen LogP contribution in [0.2, 0.25) is 0 Å². The van der Waals surface area contributed by atoms with Gasteiger partial charge in [0.25, 0.3) is 0 Å². The molecule has 3 N–H and O–H groups in total. The third kappa shape index (κ3) is 3.83. The van der Waals surface area contributed by atoms with Crippen LogP contribution in [-0.2, 0) is 12.8 Å². The summed E-state index contributed by atoms with van der Waals surface area (Å²) in [6.07, 6.45) is 3.08. The Morgan fingerprint density at radius 1 is 1.05 bits per heavy atom. The van der Waals surface area contributed by atoms with Crippen molar-refractivity contribution in [2.75, 3.05) is 0 Å². The molecule has 19 heavy (non-hydrogen) atoms. The quantitative estimate of drug-likeness (QED) is 0.857. The highest BCUT2D eigenvalue weighted by molar-refractivity contribution is 5.31. The monoisotopic (exact) mass is 255 g/mol. The topological polar surface area (TPSA) is 46.2 Å². The lowest BCUT2D eigenvalue weighted by molar-refractivity contribution is 0.473. The first-order valence-corrected chi connectivity index (χ1v) is 6.81. The van der Waals surface area contributed by atoms with Crippen molar-refractivity contribution in [2.24, 2.45) is 5.73 Å². The number of hydrogen-bond acceptors (Lipinski definition) is 2. The predicted molar refractivity (Wildman–Crippen MR) is 79.2 cm³/mol. The maximum absolute atomic E-state index is 9.47. The van der Waals surface area contributed by atoms with E-state index in [-0.39, 0.29) is 11.8 Å². The Hall–Kier alpha value is -1.80. The Bertz CT molecular complexity index is 519. The van der Waals surface area contributed by atoms with Crippen molar-refractivity contribution in [3.05, 3.63) is 65.2 Å². The van der Waals surface area contributed by atoms with Gasteiger partial charge >= 0.3 is 0 Å². The minimum absolute atomic E-state index is 0.0795. The fourth-order valence-electron chi connectivity index (χ4n) is 2.26. The SMILES string of the molecule is CCCc1ccc(CC(N)c2cccc(O)c2)cc1. The molecular weight excluding hydrogens is 234 g/mol. The van der Waals surface area contributed by atoms with Crippen LogP contribution in [-0.4, -0.2) is 5.11 Å². The molecule has 0 amide bonds. The molecule has 0 bridgehead atoms. The van der Waals surface area contributed by atoms with E-state index in [9.17, 15) is 5.11 Å². The molecule has 0 spiro atoms. The van der Waals surface area contributed by atoms with Crippen molar-refractivity contribution in [2.45, 2.75) is 32.2 Å². The van der Waals surface area contributed by atoms with Crippen molar-refractivity contribution >= 4 is 0 Å². The van der Waals surface area contributed by atoms with Crippen LogP contribution in [0.25, 0.3) is 0 Å². The molecule has 2 heteroatoms. The van der Waals surface area contributed by atoms with Crippen molar-refractivity contribution < 1.29 is 5.11 Å². The summed E-state index contributed by atoms with van der Waals surface area (Å²) >= 11 is 0. The van der Waals surface area contributed by atoms with E-state index in [1.54, 1.807) is 12.1 Å². The average Bonchev–Trinajstić information content (AvgIpc) is 2.41. The summed E-state index contributed by atoms with van der Waals surface area (Å²) in [5, 5.41) is 9.47. The van der Waals surface area contributed by atoms with E-state index in [1.807, 2.05) is 12.1 Å². The lowest BCUT2D eigenvalue weighted by Gasteiger charge is -2.13. The van der Waals surface area contributed by atoms with E-state index in [0.717, 1.165) is 18.4 Å². The maximum Gasteiger partial charge on any atom is 0.115 e. The molecule has 0 aliphatic heterocycles. The molecule has 2 aromatic carbocycles. The highest BCUT2D eigenvalue weighted by Gasteiger charge is 2.07. The first-order valence-electron chi connectivity index (χ1n) is 6.81. The Morgan fingerprint density at radius 3 is 2.37 bits per heavy atom. The van der Waals surface area contributed by atoms with Crippen LogP contribution < -0.4 is 5.73 Å². The van der Waals surface area contributed by atoms with Crippen LogP contribution in [0.5, 0.6) is 5.75 Å². The molecular formula is C17H21NO. The van der Waals surface area contributed by atoms with Crippen molar-refractivity contribution in [1.82, 2.24) is 0 Å². The van der Waals surface area contributed by atoms with E-state index in [2.05, 4.69) is 31.2 Å². The van der Waals surface area contributed by atoms with Crippen LogP contribution in [0.3, 0.4) is 0 Å². The summed E-state index contributed by atoms with van der Waals surface area (Å²) in [4.78, 5) is 0. The first kappa shape index (κ1) is 13.6. The molecule has 0 heterocycles. The minimum Gasteiger partial charge on any atom is -0.508 e. The fraction of sp³-hybridized carbons (Fsp3) is 0.294. The predicted octanol–water partition coefficient (Wildman–Crippen LogP) is 3.59. The molecule has 1 unspecified atom stereocenters. The van der Waals surface area contributed by atoms with E-state index in [4.69, 9.17) is 5.73 Å². The Morgan fingerprint density at radius 2 is 1.74 bits per heavy atom. The van der Waals surface area contributed by atoms with Gasteiger partial charge in [0.1, 0.15) is 5.75 Å². The van der Waals surface area contributed by atoms with Crippen molar-refractivity contribution in [3.63, 3.8) is 0 Å². The Kier molecular flexibility index (Phi) is 4.58. The van der Waals surface area contributed by atoms with Gasteiger partial charge in [-0.15, -0.1) is 0 Å². The standard InChI is InChI=1S/C17H21NO/c1-2-4-13-7-9-14(10-8-13)11-17(18)15-5-3-6-16(19)12-15/h3,5-10,12,17,19H,2,4,11,18H2,1H3. The highest BCUT2D eigenvalue weighted by atomic mass is 16.3. The molecule has 1 atom stereocenters. The molecule has 0 aliphatic carbocycles. The van der Waals surface area contributed by atoms with Gasteiger partial charge in [-0.1, -0.05) is 49.7 Å². The Labute approximate surface area is 114 Å². The maximum atomic E-state index is 9.47. The summed E-state index contributed by atoms with van der Waals surface area (Å²) < 4.78 is 0. The van der Waals surface area contributed by atoms with Gasteiger partial charge in [0.05, 0.1) is 0 Å². The normalized spacial score (nSPS) is 12.3. The fourth-order valence-corrected chi connectivity index (χ4v) is 2.26. The molecule has 100 valence electrons. The molecule has 0 aliphatic rings. The zero-order valence-corrected chi connectivity index (χ0v) is 11.3. The number of phenolic OH excluding ortho intramolecular Hbond substituents is 1. The first-order chi connectivity index (χ1) is 9.19.